The van der Waals surface area contributed by atoms with Crippen LogP contribution < -0.4 is 0 Å². The average molecular weight is 281 g/mol. The van der Waals surface area contributed by atoms with Crippen molar-refractivity contribution in [3.8, 4) is 0 Å². The molecule has 0 atom stereocenters. The van der Waals surface area contributed by atoms with E-state index in [1.54, 1.807) is 6.92 Å². The molecule has 34 valence electrons. The minimum atomic E-state index is -0.745. The van der Waals surface area contributed by atoms with Gasteiger partial charge in [-0.2, -0.15) is 0 Å². The van der Waals surface area contributed by atoms with Gasteiger partial charge in [-0.15, -0.1) is 0 Å². The van der Waals surface area contributed by atoms with Gasteiger partial charge in [-0.25, -0.2) is 0 Å². The van der Waals surface area contributed by atoms with Crippen molar-refractivity contribution in [1.29, 1.82) is 0 Å². The van der Waals surface area contributed by atoms with E-state index in [-0.39, 0.29) is 33.7 Å². The summed E-state index contributed by atoms with van der Waals surface area (Å²) in [6.45, 7) is 1.60. The van der Waals surface area contributed by atoms with Crippen LogP contribution in [-0.2, 0) is 4.79 Å². The average Bonchev–Trinajstić information content (AvgIpc) is 1.38. The summed E-state index contributed by atoms with van der Waals surface area (Å²) in [5, 5.41) is 7.72. The third kappa shape index (κ3) is 8.83. The molecule has 0 heterocycles. The number of carbonyl (C=O) groups is 1. The minimum Gasteiger partial charge on any atom is -0.481 e. The van der Waals surface area contributed by atoms with Crippen LogP contribution in [0.5, 0.6) is 0 Å². The smallest absolute Gasteiger partial charge is 0.303 e. The predicted octanol–water partition coefficient (Wildman–Crippen LogP) is 0.100. The van der Waals surface area contributed by atoms with Gasteiger partial charge >= 0.3 is 5.97 Å². The van der Waals surface area contributed by atoms with Crippen LogP contribution >= 0.6 is 0 Å². The predicted molar refractivity (Wildman–Crippen MR) is 23.7 cm³/mol. The van der Waals surface area contributed by atoms with Crippen molar-refractivity contribution < 1.29 is 9.90 Å². The van der Waals surface area contributed by atoms with Crippen LogP contribution in [0.25, 0.3) is 0 Å². The molecule has 0 unspecified atom stereocenters. The van der Waals surface area contributed by atoms with E-state index in [4.69, 9.17) is 5.11 Å². The summed E-state index contributed by atoms with van der Waals surface area (Å²) < 4.78 is 0. The fraction of sp³-hybridized carbons (Fsp3) is 0.667. The van der Waals surface area contributed by atoms with Gasteiger partial charge in [0.1, 0.15) is 0 Å². The third-order valence-corrected chi connectivity index (χ3v) is 0.302. The zero-order chi connectivity index (χ0) is 4.28. The molecule has 4 radical (unpaired) electrons. The van der Waals surface area contributed by atoms with Crippen LogP contribution in [-0.4, -0.2) is 38.4 Å². The summed E-state index contributed by atoms with van der Waals surface area (Å²) in [5.74, 6) is -0.745. The van der Waals surface area contributed by atoms with Crippen molar-refractivity contribution in [3.05, 3.63) is 0 Å². The van der Waals surface area contributed by atoms with E-state index >= 15 is 0 Å². The molecule has 0 bridgehead atoms. The molecule has 0 aromatic rings. The molecule has 0 amide bonds. The van der Waals surface area contributed by atoms with Gasteiger partial charge in [0.05, 0.1) is 0 Å². The quantitative estimate of drug-likeness (QED) is 0.692. The zero-order valence-electron chi connectivity index (χ0n) is 3.56. The van der Waals surface area contributed by atoms with Crippen LogP contribution in [0.15, 0.2) is 0 Å². The van der Waals surface area contributed by atoms with E-state index in [1.165, 1.54) is 0 Å². The molecule has 0 aliphatic carbocycles. The number of rotatable bonds is 1. The zero-order valence-corrected chi connectivity index (χ0v) is 7.45. The molecule has 0 aromatic carbocycles. The molecule has 0 fully saturated rings. The minimum absolute atomic E-state index is 0. The molecule has 0 aliphatic rings. The largest absolute Gasteiger partial charge is 0.481 e. The Balaban J connectivity index is 0. The number of carboxylic acid groups (broad SMARTS) is 1. The Morgan fingerprint density at radius 3 is 2.00 bits per heavy atom. The second-order valence-corrected chi connectivity index (χ2v) is 0.747. The van der Waals surface area contributed by atoms with E-state index in [2.05, 4.69) is 0 Å². The number of hydrogen-bond donors (Lipinski definition) is 1. The second-order valence-electron chi connectivity index (χ2n) is 0.747. The standard InChI is InChI=1S/C3H6O2.Pb/c1-2-3(4)5;/h2H2,1H3,(H,4,5);. The number of aliphatic carboxylic acids is 1. The Bertz CT molecular complexity index is 44.1. The van der Waals surface area contributed by atoms with Crippen molar-refractivity contribution >= 4 is 33.3 Å². The Morgan fingerprint density at radius 1 is 1.83 bits per heavy atom. The SMILES string of the molecule is CCC(=O)O.[Pb]. The molecular formula is C3H6O2Pb. The molecule has 0 aromatic heterocycles. The molecule has 0 spiro atoms. The van der Waals surface area contributed by atoms with Gasteiger partial charge < -0.3 is 5.11 Å². The van der Waals surface area contributed by atoms with Crippen LogP contribution in [0.2, 0.25) is 0 Å². The van der Waals surface area contributed by atoms with E-state index in [1.807, 2.05) is 0 Å². The van der Waals surface area contributed by atoms with Gasteiger partial charge in [0.2, 0.25) is 0 Å². The Morgan fingerprint density at radius 2 is 2.00 bits per heavy atom. The second kappa shape index (κ2) is 5.39. The summed E-state index contributed by atoms with van der Waals surface area (Å²) in [6.07, 6.45) is 0.222. The summed E-state index contributed by atoms with van der Waals surface area (Å²) in [5.41, 5.74) is 0. The maximum Gasteiger partial charge on any atom is 0.303 e. The molecule has 3 heteroatoms. The van der Waals surface area contributed by atoms with Crippen molar-refractivity contribution in [1.82, 2.24) is 0 Å². The van der Waals surface area contributed by atoms with Crippen LogP contribution in [0.3, 0.4) is 0 Å². The van der Waals surface area contributed by atoms with E-state index < -0.39 is 5.97 Å². The van der Waals surface area contributed by atoms with Gasteiger partial charge in [-0.3, -0.25) is 4.79 Å². The Hall–Kier alpha value is 0.392. The van der Waals surface area contributed by atoms with Gasteiger partial charge in [0.15, 0.2) is 0 Å². The van der Waals surface area contributed by atoms with Gasteiger partial charge in [-0.05, 0) is 0 Å². The van der Waals surface area contributed by atoms with E-state index in [0.717, 1.165) is 0 Å². The van der Waals surface area contributed by atoms with Crippen molar-refractivity contribution in [2.45, 2.75) is 13.3 Å². The molecule has 0 saturated carbocycles. The summed E-state index contributed by atoms with van der Waals surface area (Å²) in [4.78, 5) is 9.37. The molecule has 2 nitrogen and oxygen atoms in total. The Labute approximate surface area is 56.7 Å². The van der Waals surface area contributed by atoms with E-state index in [9.17, 15) is 4.79 Å². The third-order valence-electron chi connectivity index (χ3n) is 0.302. The Kier molecular flexibility index (Phi) is 8.66. The molecule has 0 aliphatic heterocycles. The maximum atomic E-state index is 9.37. The number of carboxylic acids is 1. The van der Waals surface area contributed by atoms with Gasteiger partial charge in [0.25, 0.3) is 0 Å². The molecule has 0 saturated heterocycles. The van der Waals surface area contributed by atoms with Crippen LogP contribution in [0, 0.1) is 0 Å². The topological polar surface area (TPSA) is 37.3 Å². The summed E-state index contributed by atoms with van der Waals surface area (Å²) >= 11 is 0. The first-order valence-electron chi connectivity index (χ1n) is 1.49. The number of hydrogen-bond acceptors (Lipinski definition) is 1. The normalized spacial score (nSPS) is 6.17. The fourth-order valence-corrected chi connectivity index (χ4v) is 0. The monoisotopic (exact) mass is 282 g/mol. The fourth-order valence-electron chi connectivity index (χ4n) is 0. The summed E-state index contributed by atoms with van der Waals surface area (Å²) in [6, 6.07) is 0. The van der Waals surface area contributed by atoms with Crippen LogP contribution in [0.4, 0.5) is 0 Å². The first-order chi connectivity index (χ1) is 2.27. The first kappa shape index (κ1) is 9.63. The molecular weight excluding hydrogens is 275 g/mol. The van der Waals surface area contributed by atoms with Crippen molar-refractivity contribution in [2.24, 2.45) is 0 Å². The molecule has 1 N–H and O–H groups in total. The van der Waals surface area contributed by atoms with Gasteiger partial charge in [-0.1, -0.05) is 6.92 Å². The maximum absolute atomic E-state index is 9.37. The molecule has 6 heavy (non-hydrogen) atoms. The van der Waals surface area contributed by atoms with E-state index in [0.29, 0.717) is 0 Å². The summed E-state index contributed by atoms with van der Waals surface area (Å²) in [7, 11) is 0. The van der Waals surface area contributed by atoms with Crippen molar-refractivity contribution in [2.75, 3.05) is 0 Å². The van der Waals surface area contributed by atoms with Gasteiger partial charge in [0, 0.05) is 33.7 Å². The first-order valence-corrected chi connectivity index (χ1v) is 1.49. The van der Waals surface area contributed by atoms with Crippen LogP contribution in [0.1, 0.15) is 13.3 Å². The molecule has 0 rings (SSSR count). The van der Waals surface area contributed by atoms with Crippen molar-refractivity contribution in [3.63, 3.8) is 0 Å².